The maximum absolute atomic E-state index is 11.7. The van der Waals surface area contributed by atoms with Crippen LogP contribution >= 0.6 is 0 Å². The number of nitrogens with one attached hydrogen (secondary N) is 1. The zero-order valence-electron chi connectivity index (χ0n) is 12.7. The summed E-state index contributed by atoms with van der Waals surface area (Å²) < 4.78 is 63.7. The van der Waals surface area contributed by atoms with Gasteiger partial charge >= 0.3 is 0 Å². The van der Waals surface area contributed by atoms with Crippen LogP contribution in [0.25, 0.3) is 10.8 Å². The smallest absolute Gasteiger partial charge is 0.294 e. The van der Waals surface area contributed by atoms with E-state index >= 15 is 0 Å². The Bertz CT molecular complexity index is 1100. The summed E-state index contributed by atoms with van der Waals surface area (Å²) in [4.78, 5) is 10.4. The van der Waals surface area contributed by atoms with Crippen LogP contribution in [0, 0.1) is 0 Å². The second-order valence-corrected chi connectivity index (χ2v) is 7.79. The summed E-state index contributed by atoms with van der Waals surface area (Å²) in [5, 5.41) is 12.2. The molecule has 1 amide bonds. The topological polar surface area (TPSA) is 158 Å². The SMILES string of the molecule is CC=CC(=O)Nc1cc(S(=O)(=O)O)cc2cc(S(=O)(=O)O)cc(O)c12. The summed E-state index contributed by atoms with van der Waals surface area (Å²) in [5.41, 5.74) is -0.174. The van der Waals surface area contributed by atoms with Crippen molar-refractivity contribution >= 4 is 42.6 Å². The Hall–Kier alpha value is -2.47. The minimum absolute atomic E-state index is 0.0716. The van der Waals surface area contributed by atoms with Crippen LogP contribution in [0.3, 0.4) is 0 Å². The number of benzene rings is 2. The number of carbonyl (C=O) groups is 1. The molecule has 0 saturated heterocycles. The van der Waals surface area contributed by atoms with Crippen LogP contribution in [-0.2, 0) is 25.0 Å². The quantitative estimate of drug-likeness (QED) is 0.454. The summed E-state index contributed by atoms with van der Waals surface area (Å²) in [6.45, 7) is 1.57. The fourth-order valence-corrected chi connectivity index (χ4v) is 3.24. The van der Waals surface area contributed by atoms with Gasteiger partial charge in [0.1, 0.15) is 5.75 Å². The Kier molecular flexibility index (Phi) is 4.86. The van der Waals surface area contributed by atoms with Crippen molar-refractivity contribution in [2.45, 2.75) is 16.7 Å². The minimum Gasteiger partial charge on any atom is -0.507 e. The number of aromatic hydroxyl groups is 1. The molecule has 0 fully saturated rings. The van der Waals surface area contributed by atoms with Gasteiger partial charge in [0, 0.05) is 11.5 Å². The lowest BCUT2D eigenvalue weighted by Gasteiger charge is -2.12. The van der Waals surface area contributed by atoms with Crippen LogP contribution in [0.15, 0.2) is 46.2 Å². The number of phenols is 1. The lowest BCUT2D eigenvalue weighted by Crippen LogP contribution is -2.10. The van der Waals surface area contributed by atoms with Gasteiger partial charge < -0.3 is 10.4 Å². The van der Waals surface area contributed by atoms with Crippen molar-refractivity contribution in [2.24, 2.45) is 0 Å². The molecule has 0 bridgehead atoms. The van der Waals surface area contributed by atoms with Crippen LogP contribution < -0.4 is 5.32 Å². The Labute approximate surface area is 143 Å². The first-order valence-corrected chi connectivity index (χ1v) is 9.51. The van der Waals surface area contributed by atoms with Crippen LogP contribution in [0.4, 0.5) is 5.69 Å². The molecule has 134 valence electrons. The van der Waals surface area contributed by atoms with E-state index in [0.29, 0.717) is 0 Å². The van der Waals surface area contributed by atoms with E-state index in [1.54, 1.807) is 6.92 Å². The number of allylic oxidation sites excluding steroid dienone is 1. The highest BCUT2D eigenvalue weighted by Crippen LogP contribution is 2.36. The molecule has 2 aromatic rings. The highest BCUT2D eigenvalue weighted by atomic mass is 32.2. The number of phenolic OH excluding ortho intramolecular Hbond substituents is 1. The third-order valence-corrected chi connectivity index (χ3v) is 4.81. The fraction of sp³-hybridized carbons (Fsp3) is 0.0714. The Morgan fingerprint density at radius 3 is 2.00 bits per heavy atom. The van der Waals surface area contributed by atoms with Crippen LogP contribution in [0.1, 0.15) is 6.92 Å². The van der Waals surface area contributed by atoms with Crippen molar-refractivity contribution in [3.05, 3.63) is 36.4 Å². The van der Waals surface area contributed by atoms with E-state index in [9.17, 15) is 31.3 Å². The van der Waals surface area contributed by atoms with Crippen LogP contribution in [0.5, 0.6) is 5.75 Å². The van der Waals surface area contributed by atoms with E-state index in [0.717, 1.165) is 30.3 Å². The number of hydrogen-bond acceptors (Lipinski definition) is 6. The van der Waals surface area contributed by atoms with Gasteiger partial charge in [-0.3, -0.25) is 13.9 Å². The summed E-state index contributed by atoms with van der Waals surface area (Å²) in [5.74, 6) is -1.27. The maximum atomic E-state index is 11.7. The molecule has 0 radical (unpaired) electrons. The Morgan fingerprint density at radius 1 is 1.00 bits per heavy atom. The first kappa shape index (κ1) is 18.9. The maximum Gasteiger partial charge on any atom is 0.294 e. The van der Waals surface area contributed by atoms with Gasteiger partial charge in [0.05, 0.1) is 15.5 Å². The predicted octanol–water partition coefficient (Wildman–Crippen LogP) is 1.55. The minimum atomic E-state index is -4.69. The summed E-state index contributed by atoms with van der Waals surface area (Å²) in [6, 6.07) is 3.44. The number of amides is 1. The molecule has 2 aromatic carbocycles. The molecule has 2 rings (SSSR count). The molecule has 0 saturated carbocycles. The zero-order chi connectivity index (χ0) is 19.0. The van der Waals surface area contributed by atoms with E-state index in [1.807, 2.05) is 0 Å². The molecular weight excluding hydrogens is 374 g/mol. The second kappa shape index (κ2) is 6.44. The van der Waals surface area contributed by atoms with E-state index in [-0.39, 0.29) is 16.5 Å². The molecule has 25 heavy (non-hydrogen) atoms. The third kappa shape index (κ3) is 4.14. The zero-order valence-corrected chi connectivity index (χ0v) is 14.3. The first-order valence-electron chi connectivity index (χ1n) is 6.63. The first-order chi connectivity index (χ1) is 11.4. The average molecular weight is 387 g/mol. The molecule has 0 atom stereocenters. The van der Waals surface area contributed by atoms with Gasteiger partial charge in [-0.2, -0.15) is 16.8 Å². The van der Waals surface area contributed by atoms with Gasteiger partial charge in [0.25, 0.3) is 20.2 Å². The number of rotatable bonds is 4. The molecule has 0 unspecified atom stereocenters. The molecule has 0 spiro atoms. The molecule has 11 heteroatoms. The molecule has 0 aliphatic heterocycles. The van der Waals surface area contributed by atoms with Crippen molar-refractivity contribution in [1.29, 1.82) is 0 Å². The lowest BCUT2D eigenvalue weighted by molar-refractivity contribution is -0.111. The molecule has 9 nitrogen and oxygen atoms in total. The van der Waals surface area contributed by atoms with Crippen LogP contribution in [0.2, 0.25) is 0 Å². The van der Waals surface area contributed by atoms with Crippen LogP contribution in [-0.4, -0.2) is 37.0 Å². The van der Waals surface area contributed by atoms with Crippen molar-refractivity contribution in [3.63, 3.8) is 0 Å². The van der Waals surface area contributed by atoms with Crippen molar-refractivity contribution in [1.82, 2.24) is 0 Å². The lowest BCUT2D eigenvalue weighted by atomic mass is 10.1. The Balaban J connectivity index is 2.88. The van der Waals surface area contributed by atoms with Gasteiger partial charge in [-0.05, 0) is 36.6 Å². The number of carbonyl (C=O) groups excluding carboxylic acids is 1. The molecule has 0 aliphatic rings. The second-order valence-electron chi connectivity index (χ2n) is 4.95. The van der Waals surface area contributed by atoms with Gasteiger partial charge in [0.15, 0.2) is 0 Å². The number of fused-ring (bicyclic) bond motifs is 1. The molecule has 0 aromatic heterocycles. The normalized spacial score (nSPS) is 12.6. The van der Waals surface area contributed by atoms with Crippen molar-refractivity contribution < 1.29 is 35.8 Å². The Morgan fingerprint density at radius 2 is 1.52 bits per heavy atom. The standard InChI is InChI=1S/C14H13NO8S2/c1-2-3-13(17)15-11-6-9(24(18,19)20)4-8-5-10(25(21,22)23)7-12(16)14(8)11/h2-7,16H,1H3,(H,15,17)(H,18,19,20)(H,21,22,23). The molecule has 0 aliphatic carbocycles. The van der Waals surface area contributed by atoms with Crippen molar-refractivity contribution in [2.75, 3.05) is 5.32 Å². The van der Waals surface area contributed by atoms with Gasteiger partial charge in [0.2, 0.25) is 5.91 Å². The fourth-order valence-electron chi connectivity index (χ4n) is 2.16. The monoisotopic (exact) mass is 387 g/mol. The highest BCUT2D eigenvalue weighted by Gasteiger charge is 2.20. The number of hydrogen-bond donors (Lipinski definition) is 4. The summed E-state index contributed by atoms with van der Waals surface area (Å²) in [7, 11) is -9.37. The van der Waals surface area contributed by atoms with E-state index in [1.165, 1.54) is 6.08 Å². The van der Waals surface area contributed by atoms with Crippen molar-refractivity contribution in [3.8, 4) is 5.75 Å². The third-order valence-electron chi connectivity index (χ3n) is 3.15. The average Bonchev–Trinajstić information content (AvgIpc) is 2.44. The van der Waals surface area contributed by atoms with E-state index in [2.05, 4.69) is 5.32 Å². The summed E-state index contributed by atoms with van der Waals surface area (Å²) >= 11 is 0. The predicted molar refractivity (Wildman–Crippen MR) is 88.7 cm³/mol. The van der Waals surface area contributed by atoms with E-state index < -0.39 is 41.7 Å². The summed E-state index contributed by atoms with van der Waals surface area (Å²) in [6.07, 6.45) is 2.55. The number of anilines is 1. The molecular formula is C14H13NO8S2. The van der Waals surface area contributed by atoms with Gasteiger partial charge in [-0.25, -0.2) is 0 Å². The highest BCUT2D eigenvalue weighted by molar-refractivity contribution is 7.86. The van der Waals surface area contributed by atoms with E-state index in [4.69, 9.17) is 4.55 Å². The van der Waals surface area contributed by atoms with Gasteiger partial charge in [-0.1, -0.05) is 6.08 Å². The largest absolute Gasteiger partial charge is 0.507 e. The van der Waals surface area contributed by atoms with Gasteiger partial charge in [-0.15, -0.1) is 0 Å². The molecule has 4 N–H and O–H groups in total. The molecule has 0 heterocycles.